The minimum Gasteiger partial charge on any atom is -0.377 e. The molecule has 22 heavy (non-hydrogen) atoms. The Kier molecular flexibility index (Phi) is 4.80. The summed E-state index contributed by atoms with van der Waals surface area (Å²) in [5.74, 6) is 0. The van der Waals surface area contributed by atoms with Gasteiger partial charge in [0.25, 0.3) is 0 Å². The van der Waals surface area contributed by atoms with Crippen LogP contribution in [0.25, 0.3) is 5.69 Å². The van der Waals surface area contributed by atoms with E-state index in [0.29, 0.717) is 12.1 Å². The number of rotatable bonds is 6. The molecule has 118 valence electrons. The number of nitrogens with zero attached hydrogens (tertiary/aromatic N) is 4. The molecule has 1 fully saturated rings. The van der Waals surface area contributed by atoms with Gasteiger partial charge in [-0.2, -0.15) is 0 Å². The van der Waals surface area contributed by atoms with Crippen LogP contribution in [0, 0.1) is 0 Å². The molecule has 6 nitrogen and oxygen atoms in total. The predicted octanol–water partition coefficient (Wildman–Crippen LogP) is 2.27. The zero-order valence-electron chi connectivity index (χ0n) is 13.1. The van der Waals surface area contributed by atoms with E-state index in [1.165, 1.54) is 12.0 Å². The monoisotopic (exact) mass is 301 g/mol. The van der Waals surface area contributed by atoms with Crippen molar-refractivity contribution in [3.8, 4) is 5.69 Å². The van der Waals surface area contributed by atoms with Crippen molar-refractivity contribution >= 4 is 0 Å². The van der Waals surface area contributed by atoms with Crippen molar-refractivity contribution in [3.63, 3.8) is 0 Å². The molecule has 1 aromatic carbocycles. The maximum Gasteiger partial charge on any atom is 0.143 e. The molecule has 0 radical (unpaired) electrons. The van der Waals surface area contributed by atoms with Gasteiger partial charge in [-0.25, -0.2) is 4.68 Å². The van der Waals surface area contributed by atoms with Crippen molar-refractivity contribution < 1.29 is 4.74 Å². The third-order valence-electron chi connectivity index (χ3n) is 4.32. The molecule has 2 aromatic rings. The molecule has 3 rings (SSSR count). The summed E-state index contributed by atoms with van der Waals surface area (Å²) in [6, 6.07) is 9.02. The molecule has 1 aromatic heterocycles. The molecular formula is C16H23N5O. The fourth-order valence-corrected chi connectivity index (χ4v) is 3.02. The number of ether oxygens (including phenoxy) is 1. The highest BCUT2D eigenvalue weighted by Crippen LogP contribution is 2.21. The zero-order valence-corrected chi connectivity index (χ0v) is 13.1. The summed E-state index contributed by atoms with van der Waals surface area (Å²) >= 11 is 0. The van der Waals surface area contributed by atoms with Crippen LogP contribution in [0.2, 0.25) is 0 Å². The molecule has 0 amide bonds. The number of tetrazole rings is 1. The van der Waals surface area contributed by atoms with Crippen LogP contribution in [-0.4, -0.2) is 39.0 Å². The smallest absolute Gasteiger partial charge is 0.143 e. The number of hydrogen-bond acceptors (Lipinski definition) is 5. The quantitative estimate of drug-likeness (QED) is 0.886. The second-order valence-corrected chi connectivity index (χ2v) is 5.80. The Morgan fingerprint density at radius 2 is 2.18 bits per heavy atom. The van der Waals surface area contributed by atoms with E-state index in [2.05, 4.69) is 46.8 Å². The van der Waals surface area contributed by atoms with Crippen LogP contribution in [0.15, 0.2) is 30.6 Å². The highest BCUT2D eigenvalue weighted by atomic mass is 16.5. The molecule has 1 saturated heterocycles. The second kappa shape index (κ2) is 6.98. The van der Waals surface area contributed by atoms with Crippen LogP contribution in [-0.2, 0) is 4.74 Å². The van der Waals surface area contributed by atoms with Gasteiger partial charge in [0.1, 0.15) is 6.33 Å². The van der Waals surface area contributed by atoms with E-state index in [0.717, 1.165) is 25.1 Å². The maximum absolute atomic E-state index is 5.82. The molecule has 0 aliphatic carbocycles. The van der Waals surface area contributed by atoms with Gasteiger partial charge in [-0.05, 0) is 54.3 Å². The van der Waals surface area contributed by atoms with E-state index in [4.69, 9.17) is 4.74 Å². The van der Waals surface area contributed by atoms with E-state index in [9.17, 15) is 0 Å². The molecule has 3 atom stereocenters. The van der Waals surface area contributed by atoms with E-state index in [1.54, 1.807) is 11.0 Å². The fraction of sp³-hybridized carbons (Fsp3) is 0.562. The average molecular weight is 301 g/mol. The van der Waals surface area contributed by atoms with Crippen molar-refractivity contribution in [1.29, 1.82) is 0 Å². The standard InChI is InChI=1S/C16H23N5O/c1-3-15(16-5-4-10-22-16)18-12(2)13-6-8-14(9-7-13)21-11-17-19-20-21/h6-9,11-12,15-16,18H,3-5,10H2,1-2H3/t12-,15+,16+/m1/s1. The highest BCUT2D eigenvalue weighted by molar-refractivity contribution is 5.34. The number of hydrogen-bond donors (Lipinski definition) is 1. The number of nitrogens with one attached hydrogen (secondary N) is 1. The van der Waals surface area contributed by atoms with Gasteiger partial charge in [0.05, 0.1) is 11.8 Å². The second-order valence-electron chi connectivity index (χ2n) is 5.80. The van der Waals surface area contributed by atoms with E-state index in [1.807, 2.05) is 12.1 Å². The van der Waals surface area contributed by atoms with Crippen LogP contribution in [0.3, 0.4) is 0 Å². The first-order valence-corrected chi connectivity index (χ1v) is 7.99. The van der Waals surface area contributed by atoms with Crippen molar-refractivity contribution in [1.82, 2.24) is 25.5 Å². The van der Waals surface area contributed by atoms with Crippen molar-refractivity contribution in [2.24, 2.45) is 0 Å². The predicted molar refractivity (Wildman–Crippen MR) is 83.8 cm³/mol. The van der Waals surface area contributed by atoms with Crippen molar-refractivity contribution in [2.45, 2.75) is 51.3 Å². The van der Waals surface area contributed by atoms with Crippen LogP contribution < -0.4 is 5.32 Å². The van der Waals surface area contributed by atoms with Crippen LogP contribution >= 0.6 is 0 Å². The fourth-order valence-electron chi connectivity index (χ4n) is 3.02. The Morgan fingerprint density at radius 3 is 2.77 bits per heavy atom. The highest BCUT2D eigenvalue weighted by Gasteiger charge is 2.25. The lowest BCUT2D eigenvalue weighted by molar-refractivity contribution is 0.0735. The molecule has 0 spiro atoms. The first-order chi connectivity index (χ1) is 10.8. The molecular weight excluding hydrogens is 278 g/mol. The SMILES string of the molecule is CC[C@H](N[C@H](C)c1ccc(-n2cnnn2)cc1)[C@@H]1CCCO1. The van der Waals surface area contributed by atoms with Crippen LogP contribution in [0.1, 0.15) is 44.7 Å². The van der Waals surface area contributed by atoms with Crippen molar-refractivity contribution in [3.05, 3.63) is 36.2 Å². The first-order valence-electron chi connectivity index (χ1n) is 7.99. The molecule has 1 N–H and O–H groups in total. The Bertz CT molecular complexity index is 563. The molecule has 0 bridgehead atoms. The summed E-state index contributed by atoms with van der Waals surface area (Å²) in [6.07, 6.45) is 5.38. The minimum absolute atomic E-state index is 0.289. The van der Waals surface area contributed by atoms with E-state index in [-0.39, 0.29) is 6.04 Å². The summed E-state index contributed by atoms with van der Waals surface area (Å²) < 4.78 is 7.48. The first kappa shape index (κ1) is 15.1. The van der Waals surface area contributed by atoms with Gasteiger partial charge in [-0.15, -0.1) is 5.10 Å². The third kappa shape index (κ3) is 3.34. The zero-order chi connectivity index (χ0) is 15.4. The largest absolute Gasteiger partial charge is 0.377 e. The van der Waals surface area contributed by atoms with E-state index < -0.39 is 0 Å². The lowest BCUT2D eigenvalue weighted by atomic mass is 10.0. The molecule has 1 aliphatic rings. The molecule has 2 heterocycles. The molecule has 0 saturated carbocycles. The van der Waals surface area contributed by atoms with Gasteiger partial charge in [-0.1, -0.05) is 19.1 Å². The lowest BCUT2D eigenvalue weighted by Crippen LogP contribution is -2.40. The van der Waals surface area contributed by atoms with Crippen LogP contribution in [0.4, 0.5) is 0 Å². The Morgan fingerprint density at radius 1 is 1.36 bits per heavy atom. The molecule has 1 aliphatic heterocycles. The Labute approximate surface area is 130 Å². The lowest BCUT2D eigenvalue weighted by Gasteiger charge is -2.27. The number of aromatic nitrogens is 4. The third-order valence-corrected chi connectivity index (χ3v) is 4.32. The summed E-state index contributed by atoms with van der Waals surface area (Å²) in [4.78, 5) is 0. The Hall–Kier alpha value is -1.79. The average Bonchev–Trinajstić information content (AvgIpc) is 3.25. The van der Waals surface area contributed by atoms with Gasteiger partial charge in [0, 0.05) is 18.7 Å². The number of benzene rings is 1. The van der Waals surface area contributed by atoms with E-state index >= 15 is 0 Å². The normalized spacial score (nSPS) is 20.9. The summed E-state index contributed by atoms with van der Waals surface area (Å²) in [5, 5.41) is 14.9. The van der Waals surface area contributed by atoms with Gasteiger partial charge in [0.15, 0.2) is 0 Å². The van der Waals surface area contributed by atoms with Gasteiger partial charge in [0.2, 0.25) is 0 Å². The maximum atomic E-state index is 5.82. The van der Waals surface area contributed by atoms with Crippen LogP contribution in [0.5, 0.6) is 0 Å². The van der Waals surface area contributed by atoms with Gasteiger partial charge >= 0.3 is 0 Å². The van der Waals surface area contributed by atoms with Gasteiger partial charge in [-0.3, -0.25) is 0 Å². The summed E-state index contributed by atoms with van der Waals surface area (Å²) in [7, 11) is 0. The minimum atomic E-state index is 0.289. The molecule has 0 unspecified atom stereocenters. The molecule has 6 heteroatoms. The van der Waals surface area contributed by atoms with Crippen molar-refractivity contribution in [2.75, 3.05) is 6.61 Å². The topological polar surface area (TPSA) is 64.9 Å². The Balaban J connectivity index is 1.65. The summed E-state index contributed by atoms with van der Waals surface area (Å²) in [6.45, 7) is 5.31. The summed E-state index contributed by atoms with van der Waals surface area (Å²) in [5.41, 5.74) is 2.22. The van der Waals surface area contributed by atoms with Gasteiger partial charge < -0.3 is 10.1 Å².